The molecule has 1 atom stereocenters. The second-order valence-electron chi connectivity index (χ2n) is 4.03. The lowest BCUT2D eigenvalue weighted by atomic mass is 10.2. The van der Waals surface area contributed by atoms with E-state index in [1.165, 1.54) is 12.8 Å². The maximum absolute atomic E-state index is 5.73. The van der Waals surface area contributed by atoms with E-state index in [1.807, 2.05) is 0 Å². The van der Waals surface area contributed by atoms with E-state index in [-0.39, 0.29) is 0 Å². The van der Waals surface area contributed by atoms with E-state index in [4.69, 9.17) is 10.5 Å². The number of rotatable bonds is 7. The van der Waals surface area contributed by atoms with E-state index in [0.29, 0.717) is 6.04 Å². The largest absolute Gasteiger partial charge is 0.383 e. The molecule has 0 radical (unpaired) electrons. The Kier molecular flexibility index (Phi) is 4.70. The van der Waals surface area contributed by atoms with E-state index >= 15 is 0 Å². The van der Waals surface area contributed by atoms with Gasteiger partial charge in [0.1, 0.15) is 0 Å². The molecule has 1 fully saturated rings. The molecule has 1 unspecified atom stereocenters. The summed E-state index contributed by atoms with van der Waals surface area (Å²) in [6, 6.07) is 1.15. The molecule has 1 saturated carbocycles. The molecule has 1 aliphatic carbocycles. The number of nitrogens with zero attached hydrogens (tertiary/aromatic N) is 1. The molecule has 3 nitrogen and oxygen atoms in total. The number of hydrogen-bond donors (Lipinski definition) is 1. The summed E-state index contributed by atoms with van der Waals surface area (Å²) >= 11 is 0. The molecular weight excluding hydrogens is 164 g/mol. The summed E-state index contributed by atoms with van der Waals surface area (Å²) in [5.41, 5.74) is 5.73. The standard InChI is InChI=1S/C10H22N2O/c1-9(11)5-6-12(7-8-13-2)10-3-4-10/h9-10H,3-8,11H2,1-2H3. The van der Waals surface area contributed by atoms with Gasteiger partial charge in [-0.1, -0.05) is 0 Å². The number of hydrogen-bond acceptors (Lipinski definition) is 3. The Morgan fingerprint density at radius 3 is 2.62 bits per heavy atom. The van der Waals surface area contributed by atoms with Crippen molar-refractivity contribution in [3.05, 3.63) is 0 Å². The molecule has 1 aliphatic rings. The van der Waals surface area contributed by atoms with Crippen LogP contribution in [0.4, 0.5) is 0 Å². The maximum Gasteiger partial charge on any atom is 0.0589 e. The molecular formula is C10H22N2O. The molecule has 78 valence electrons. The van der Waals surface area contributed by atoms with Crippen LogP contribution in [0.2, 0.25) is 0 Å². The lowest BCUT2D eigenvalue weighted by Crippen LogP contribution is -2.33. The highest BCUT2D eigenvalue weighted by Crippen LogP contribution is 2.26. The third-order valence-corrected chi connectivity index (χ3v) is 2.52. The Labute approximate surface area is 81.2 Å². The van der Waals surface area contributed by atoms with Crippen molar-refractivity contribution < 1.29 is 4.74 Å². The lowest BCUT2D eigenvalue weighted by molar-refractivity contribution is 0.141. The molecule has 0 aliphatic heterocycles. The molecule has 1 rings (SSSR count). The topological polar surface area (TPSA) is 38.5 Å². The van der Waals surface area contributed by atoms with Crippen LogP contribution < -0.4 is 5.73 Å². The highest BCUT2D eigenvalue weighted by molar-refractivity contribution is 4.84. The molecule has 0 bridgehead atoms. The predicted molar refractivity (Wildman–Crippen MR) is 54.7 cm³/mol. The van der Waals surface area contributed by atoms with Gasteiger partial charge in [0.05, 0.1) is 6.61 Å². The van der Waals surface area contributed by atoms with E-state index in [0.717, 1.165) is 32.2 Å². The van der Waals surface area contributed by atoms with Crippen LogP contribution in [0.25, 0.3) is 0 Å². The fraction of sp³-hybridized carbons (Fsp3) is 1.00. The van der Waals surface area contributed by atoms with Gasteiger partial charge >= 0.3 is 0 Å². The monoisotopic (exact) mass is 186 g/mol. The first kappa shape index (κ1) is 11.0. The molecule has 0 aromatic heterocycles. The first-order valence-electron chi connectivity index (χ1n) is 5.22. The molecule has 13 heavy (non-hydrogen) atoms. The molecule has 0 aromatic rings. The Morgan fingerprint density at radius 2 is 2.15 bits per heavy atom. The minimum Gasteiger partial charge on any atom is -0.383 e. The fourth-order valence-corrected chi connectivity index (χ4v) is 1.49. The quantitative estimate of drug-likeness (QED) is 0.640. The third kappa shape index (κ3) is 4.60. The van der Waals surface area contributed by atoms with Gasteiger partial charge in [-0.15, -0.1) is 0 Å². The van der Waals surface area contributed by atoms with E-state index in [2.05, 4.69) is 11.8 Å². The number of ether oxygens (including phenoxy) is 1. The Bertz CT molecular complexity index is 135. The van der Waals surface area contributed by atoms with Crippen molar-refractivity contribution >= 4 is 0 Å². The number of methoxy groups -OCH3 is 1. The SMILES string of the molecule is COCCN(CCC(C)N)C1CC1. The normalized spacial score (nSPS) is 19.4. The fourth-order valence-electron chi connectivity index (χ4n) is 1.49. The summed E-state index contributed by atoms with van der Waals surface area (Å²) in [4.78, 5) is 2.51. The second kappa shape index (κ2) is 5.58. The second-order valence-corrected chi connectivity index (χ2v) is 4.03. The van der Waals surface area contributed by atoms with Crippen LogP contribution in [0.5, 0.6) is 0 Å². The van der Waals surface area contributed by atoms with Gasteiger partial charge in [0.2, 0.25) is 0 Å². The van der Waals surface area contributed by atoms with Crippen LogP contribution in [0.15, 0.2) is 0 Å². The summed E-state index contributed by atoms with van der Waals surface area (Å²) in [6.45, 7) is 5.11. The van der Waals surface area contributed by atoms with Gasteiger partial charge in [-0.3, -0.25) is 4.90 Å². The van der Waals surface area contributed by atoms with Crippen LogP contribution in [-0.4, -0.2) is 43.8 Å². The Balaban J connectivity index is 2.13. The molecule has 3 heteroatoms. The average molecular weight is 186 g/mol. The molecule has 0 amide bonds. The van der Waals surface area contributed by atoms with E-state index < -0.39 is 0 Å². The minimum absolute atomic E-state index is 0.323. The highest BCUT2D eigenvalue weighted by Gasteiger charge is 2.28. The summed E-state index contributed by atoms with van der Waals surface area (Å²) in [5, 5.41) is 0. The Hall–Kier alpha value is -0.120. The number of nitrogens with two attached hydrogens (primary N) is 1. The molecule has 2 N–H and O–H groups in total. The maximum atomic E-state index is 5.73. The van der Waals surface area contributed by atoms with Crippen molar-refractivity contribution in [1.29, 1.82) is 0 Å². The van der Waals surface area contributed by atoms with Crippen LogP contribution in [0.3, 0.4) is 0 Å². The smallest absolute Gasteiger partial charge is 0.0589 e. The van der Waals surface area contributed by atoms with Crippen LogP contribution in [-0.2, 0) is 4.74 Å². The predicted octanol–water partition coefficient (Wildman–Crippen LogP) is 0.835. The first-order chi connectivity index (χ1) is 6.24. The van der Waals surface area contributed by atoms with Crippen LogP contribution in [0, 0.1) is 0 Å². The minimum atomic E-state index is 0.323. The highest BCUT2D eigenvalue weighted by atomic mass is 16.5. The zero-order valence-electron chi connectivity index (χ0n) is 8.83. The van der Waals surface area contributed by atoms with Crippen LogP contribution in [0.1, 0.15) is 26.2 Å². The summed E-state index contributed by atoms with van der Waals surface area (Å²) < 4.78 is 5.08. The van der Waals surface area contributed by atoms with Crippen molar-refractivity contribution in [2.24, 2.45) is 5.73 Å². The van der Waals surface area contributed by atoms with E-state index in [9.17, 15) is 0 Å². The van der Waals surface area contributed by atoms with Crippen molar-refractivity contribution in [3.63, 3.8) is 0 Å². The lowest BCUT2D eigenvalue weighted by Gasteiger charge is -2.22. The zero-order chi connectivity index (χ0) is 9.68. The molecule has 0 heterocycles. The molecule has 0 saturated heterocycles. The first-order valence-corrected chi connectivity index (χ1v) is 5.22. The zero-order valence-corrected chi connectivity index (χ0v) is 8.83. The third-order valence-electron chi connectivity index (χ3n) is 2.52. The van der Waals surface area contributed by atoms with Gasteiger partial charge in [-0.2, -0.15) is 0 Å². The van der Waals surface area contributed by atoms with Gasteiger partial charge in [-0.05, 0) is 32.7 Å². The van der Waals surface area contributed by atoms with Crippen molar-refractivity contribution in [2.75, 3.05) is 26.8 Å². The van der Waals surface area contributed by atoms with Crippen molar-refractivity contribution in [2.45, 2.75) is 38.3 Å². The molecule has 0 aromatic carbocycles. The van der Waals surface area contributed by atoms with Gasteiger partial charge in [0.15, 0.2) is 0 Å². The van der Waals surface area contributed by atoms with Crippen LogP contribution >= 0.6 is 0 Å². The average Bonchev–Trinajstić information content (AvgIpc) is 2.87. The van der Waals surface area contributed by atoms with Gasteiger partial charge < -0.3 is 10.5 Å². The van der Waals surface area contributed by atoms with Gasteiger partial charge in [0.25, 0.3) is 0 Å². The van der Waals surface area contributed by atoms with Crippen molar-refractivity contribution in [3.8, 4) is 0 Å². The van der Waals surface area contributed by atoms with Gasteiger partial charge in [-0.25, -0.2) is 0 Å². The Morgan fingerprint density at radius 1 is 1.46 bits per heavy atom. The molecule has 0 spiro atoms. The summed E-state index contributed by atoms with van der Waals surface area (Å²) in [7, 11) is 1.76. The summed E-state index contributed by atoms with van der Waals surface area (Å²) in [5.74, 6) is 0. The van der Waals surface area contributed by atoms with Crippen molar-refractivity contribution in [1.82, 2.24) is 4.90 Å². The summed E-state index contributed by atoms with van der Waals surface area (Å²) in [6.07, 6.45) is 3.82. The van der Waals surface area contributed by atoms with Gasteiger partial charge in [0, 0.05) is 25.7 Å². The van der Waals surface area contributed by atoms with E-state index in [1.54, 1.807) is 7.11 Å².